The molecule has 10 heteroatoms. The molecule has 0 spiro atoms. The van der Waals surface area contributed by atoms with Gasteiger partial charge in [-0.2, -0.15) is 0 Å². The van der Waals surface area contributed by atoms with Gasteiger partial charge in [0.2, 0.25) is 5.91 Å². The van der Waals surface area contributed by atoms with Gasteiger partial charge in [0.15, 0.2) is 11.9 Å². The number of ether oxygens (including phenoxy) is 2. The number of para-hydroxylation sites is 2. The van der Waals surface area contributed by atoms with Crippen LogP contribution in [-0.4, -0.2) is 59.4 Å². The zero-order chi connectivity index (χ0) is 21.4. The number of nitro groups is 1. The third-order valence-electron chi connectivity index (χ3n) is 4.45. The van der Waals surface area contributed by atoms with E-state index in [1.54, 1.807) is 6.07 Å². The number of carbonyl (C=O) groups excluding carboxylic acids is 3. The minimum absolute atomic E-state index is 0.0460. The van der Waals surface area contributed by atoms with Gasteiger partial charge in [-0.05, 0) is 19.4 Å². The van der Waals surface area contributed by atoms with E-state index in [4.69, 9.17) is 9.47 Å². The Bertz CT molecular complexity index is 768. The predicted octanol–water partition coefficient (Wildman–Crippen LogP) is 1.42. The van der Waals surface area contributed by atoms with Crippen molar-refractivity contribution in [1.82, 2.24) is 10.2 Å². The highest BCUT2D eigenvalue weighted by Gasteiger charge is 2.37. The number of benzene rings is 1. The summed E-state index contributed by atoms with van der Waals surface area (Å²) in [6, 6.07) is 4.71. The molecule has 1 aliphatic rings. The molecule has 1 aromatic rings. The topological polar surface area (TPSA) is 128 Å². The SMILES string of the molecule is CCCCOC(=O)C[C@H]1C(=O)NCCN1C(=O)[C@H](C)Oc1ccccc1[N+](=O)[O-]. The van der Waals surface area contributed by atoms with Gasteiger partial charge >= 0.3 is 11.7 Å². The molecule has 2 amide bonds. The van der Waals surface area contributed by atoms with E-state index >= 15 is 0 Å². The fourth-order valence-corrected chi connectivity index (χ4v) is 2.91. The van der Waals surface area contributed by atoms with Crippen LogP contribution in [0.15, 0.2) is 24.3 Å². The van der Waals surface area contributed by atoms with Gasteiger partial charge in [-0.1, -0.05) is 25.5 Å². The van der Waals surface area contributed by atoms with Crippen molar-refractivity contribution in [2.24, 2.45) is 0 Å². The largest absolute Gasteiger partial charge is 0.474 e. The van der Waals surface area contributed by atoms with Gasteiger partial charge in [-0.15, -0.1) is 0 Å². The maximum absolute atomic E-state index is 12.9. The summed E-state index contributed by atoms with van der Waals surface area (Å²) in [6.07, 6.45) is 0.230. The molecule has 0 saturated carbocycles. The number of carbonyl (C=O) groups is 3. The van der Waals surface area contributed by atoms with Crippen LogP contribution in [0.25, 0.3) is 0 Å². The smallest absolute Gasteiger partial charge is 0.310 e. The molecule has 0 radical (unpaired) electrons. The first-order chi connectivity index (χ1) is 13.8. The van der Waals surface area contributed by atoms with E-state index in [1.807, 2.05) is 6.92 Å². The van der Waals surface area contributed by atoms with Crippen molar-refractivity contribution in [1.29, 1.82) is 0 Å². The Labute approximate surface area is 168 Å². The Morgan fingerprint density at radius 2 is 2.10 bits per heavy atom. The second-order valence-electron chi connectivity index (χ2n) is 6.60. The molecule has 1 aliphatic heterocycles. The highest BCUT2D eigenvalue weighted by molar-refractivity contribution is 5.93. The summed E-state index contributed by atoms with van der Waals surface area (Å²) in [5.41, 5.74) is -0.264. The number of amides is 2. The number of piperazine rings is 1. The number of hydrogen-bond donors (Lipinski definition) is 1. The van der Waals surface area contributed by atoms with Crippen molar-refractivity contribution in [2.45, 2.75) is 45.3 Å². The van der Waals surface area contributed by atoms with E-state index < -0.39 is 34.9 Å². The van der Waals surface area contributed by atoms with E-state index in [0.29, 0.717) is 6.42 Å². The molecule has 0 bridgehead atoms. The first-order valence-corrected chi connectivity index (χ1v) is 9.49. The summed E-state index contributed by atoms with van der Waals surface area (Å²) in [5, 5.41) is 13.8. The van der Waals surface area contributed by atoms with Crippen LogP contribution in [0.2, 0.25) is 0 Å². The quantitative estimate of drug-likeness (QED) is 0.284. The summed E-state index contributed by atoms with van der Waals surface area (Å²) >= 11 is 0. The van der Waals surface area contributed by atoms with Crippen molar-refractivity contribution >= 4 is 23.5 Å². The number of rotatable bonds is 9. The van der Waals surface area contributed by atoms with Crippen LogP contribution >= 0.6 is 0 Å². The van der Waals surface area contributed by atoms with Crippen LogP contribution in [0, 0.1) is 10.1 Å². The van der Waals surface area contributed by atoms with Crippen LogP contribution < -0.4 is 10.1 Å². The Hall–Kier alpha value is -3.17. The molecule has 1 heterocycles. The highest BCUT2D eigenvalue weighted by atomic mass is 16.6. The molecule has 29 heavy (non-hydrogen) atoms. The average Bonchev–Trinajstić information content (AvgIpc) is 2.69. The molecule has 0 unspecified atom stereocenters. The molecular formula is C19H25N3O7. The van der Waals surface area contributed by atoms with Crippen LogP contribution in [0.5, 0.6) is 5.75 Å². The molecule has 158 valence electrons. The number of esters is 1. The second-order valence-corrected chi connectivity index (χ2v) is 6.60. The Kier molecular flexibility index (Phi) is 7.93. The second kappa shape index (κ2) is 10.4. The van der Waals surface area contributed by atoms with Crippen molar-refractivity contribution < 1.29 is 28.8 Å². The van der Waals surface area contributed by atoms with Crippen molar-refractivity contribution in [3.63, 3.8) is 0 Å². The molecule has 2 rings (SSSR count). The Balaban J connectivity index is 2.08. The lowest BCUT2D eigenvalue weighted by Gasteiger charge is -2.35. The first kappa shape index (κ1) is 22.1. The lowest BCUT2D eigenvalue weighted by Crippen LogP contribution is -2.60. The summed E-state index contributed by atoms with van der Waals surface area (Å²) in [6.45, 7) is 4.10. The first-order valence-electron chi connectivity index (χ1n) is 9.49. The minimum Gasteiger partial charge on any atom is -0.474 e. The highest BCUT2D eigenvalue weighted by Crippen LogP contribution is 2.27. The Morgan fingerprint density at radius 3 is 2.79 bits per heavy atom. The lowest BCUT2D eigenvalue weighted by atomic mass is 10.1. The number of nitrogens with one attached hydrogen (secondary N) is 1. The molecule has 1 aromatic carbocycles. The van der Waals surface area contributed by atoms with Crippen molar-refractivity contribution in [3.8, 4) is 5.75 Å². The van der Waals surface area contributed by atoms with E-state index in [-0.39, 0.29) is 37.6 Å². The molecular weight excluding hydrogens is 382 g/mol. The zero-order valence-electron chi connectivity index (χ0n) is 16.5. The summed E-state index contributed by atoms with van der Waals surface area (Å²) in [7, 11) is 0. The van der Waals surface area contributed by atoms with Gasteiger partial charge in [-0.25, -0.2) is 0 Å². The van der Waals surface area contributed by atoms with Gasteiger partial charge < -0.3 is 19.7 Å². The van der Waals surface area contributed by atoms with Gasteiger partial charge in [0.1, 0.15) is 6.04 Å². The molecule has 0 aliphatic carbocycles. The Morgan fingerprint density at radius 1 is 1.38 bits per heavy atom. The molecule has 1 N–H and O–H groups in total. The average molecular weight is 407 g/mol. The van der Waals surface area contributed by atoms with Gasteiger partial charge in [-0.3, -0.25) is 24.5 Å². The third kappa shape index (κ3) is 5.90. The normalized spacial score (nSPS) is 17.2. The van der Waals surface area contributed by atoms with Crippen LogP contribution in [0.1, 0.15) is 33.1 Å². The summed E-state index contributed by atoms with van der Waals surface area (Å²) < 4.78 is 10.6. The van der Waals surface area contributed by atoms with Crippen LogP contribution in [0.3, 0.4) is 0 Å². The maximum atomic E-state index is 12.9. The van der Waals surface area contributed by atoms with E-state index in [9.17, 15) is 24.5 Å². The van der Waals surface area contributed by atoms with Crippen molar-refractivity contribution in [2.75, 3.05) is 19.7 Å². The van der Waals surface area contributed by atoms with E-state index in [1.165, 1.54) is 30.0 Å². The zero-order valence-corrected chi connectivity index (χ0v) is 16.5. The van der Waals surface area contributed by atoms with Crippen LogP contribution in [-0.2, 0) is 19.1 Å². The van der Waals surface area contributed by atoms with E-state index in [2.05, 4.69) is 5.32 Å². The van der Waals surface area contributed by atoms with Gasteiger partial charge in [0, 0.05) is 19.2 Å². The molecule has 1 saturated heterocycles. The van der Waals surface area contributed by atoms with Crippen molar-refractivity contribution in [3.05, 3.63) is 34.4 Å². The minimum atomic E-state index is -1.08. The third-order valence-corrected chi connectivity index (χ3v) is 4.45. The summed E-state index contributed by atoms with van der Waals surface area (Å²) in [5.74, 6) is -1.60. The molecule has 0 aromatic heterocycles. The van der Waals surface area contributed by atoms with Gasteiger partial charge in [0.05, 0.1) is 18.0 Å². The number of unbranched alkanes of at least 4 members (excludes halogenated alkanes) is 1. The maximum Gasteiger partial charge on any atom is 0.310 e. The number of nitrogens with zero attached hydrogens (tertiary/aromatic N) is 2. The lowest BCUT2D eigenvalue weighted by molar-refractivity contribution is -0.386. The predicted molar refractivity (Wildman–Crippen MR) is 102 cm³/mol. The molecule has 10 nitrogen and oxygen atoms in total. The van der Waals surface area contributed by atoms with E-state index in [0.717, 1.165) is 6.42 Å². The summed E-state index contributed by atoms with van der Waals surface area (Å²) in [4.78, 5) is 49.0. The number of hydrogen-bond acceptors (Lipinski definition) is 7. The standard InChI is InChI=1S/C19H25N3O7/c1-3-4-11-28-17(23)12-15-18(24)20-9-10-21(15)19(25)13(2)29-16-8-6-5-7-14(16)22(26)27/h5-8,13,15H,3-4,9-12H2,1-2H3,(H,20,24)/t13-,15-/m0/s1. The molecule has 1 fully saturated rings. The molecule has 2 atom stereocenters. The monoisotopic (exact) mass is 407 g/mol. The van der Waals surface area contributed by atoms with Gasteiger partial charge in [0.25, 0.3) is 5.91 Å². The fraction of sp³-hybridized carbons (Fsp3) is 0.526. The fourth-order valence-electron chi connectivity index (χ4n) is 2.91. The number of nitro benzene ring substituents is 1. The van der Waals surface area contributed by atoms with Crippen LogP contribution in [0.4, 0.5) is 5.69 Å².